The lowest BCUT2D eigenvalue weighted by molar-refractivity contribution is -0.125. The van der Waals surface area contributed by atoms with Crippen molar-refractivity contribution in [1.82, 2.24) is 14.6 Å². The number of anilines is 1. The molecule has 3 aromatic heterocycles. The summed E-state index contributed by atoms with van der Waals surface area (Å²) in [7, 11) is -3.62. The molecular formula is C24H27ClN4O3S3. The topological polar surface area (TPSA) is 82.6 Å². The van der Waals surface area contributed by atoms with Crippen LogP contribution in [0.2, 0.25) is 4.34 Å². The molecule has 2 aliphatic heterocycles. The summed E-state index contributed by atoms with van der Waals surface area (Å²) >= 11 is 8.74. The van der Waals surface area contributed by atoms with Gasteiger partial charge in [-0.25, -0.2) is 8.42 Å². The van der Waals surface area contributed by atoms with E-state index in [9.17, 15) is 13.2 Å². The fourth-order valence-corrected chi connectivity index (χ4v) is 9.06. The van der Waals surface area contributed by atoms with Crippen LogP contribution in [0, 0.1) is 5.92 Å². The van der Waals surface area contributed by atoms with Crippen molar-refractivity contribution in [1.29, 1.82) is 0 Å². The molecule has 3 aromatic rings. The molecule has 186 valence electrons. The van der Waals surface area contributed by atoms with Crippen LogP contribution in [0.3, 0.4) is 0 Å². The summed E-state index contributed by atoms with van der Waals surface area (Å²) in [5.41, 5.74) is 1.13. The first-order valence-electron chi connectivity index (χ1n) is 11.7. The molecule has 2 fully saturated rings. The third kappa shape index (κ3) is 5.41. The zero-order chi connectivity index (χ0) is 24.4. The van der Waals surface area contributed by atoms with E-state index in [1.807, 2.05) is 30.3 Å². The largest absolute Gasteiger partial charge is 0.371 e. The first kappa shape index (κ1) is 24.7. The number of halogens is 1. The first-order valence-corrected chi connectivity index (χ1v) is 15.2. The van der Waals surface area contributed by atoms with Gasteiger partial charge in [-0.2, -0.15) is 4.31 Å². The maximum Gasteiger partial charge on any atom is 0.252 e. The highest BCUT2D eigenvalue weighted by atomic mass is 35.5. The Hall–Kier alpha value is -1.98. The van der Waals surface area contributed by atoms with Crippen LogP contribution in [0.1, 0.15) is 25.7 Å². The number of sulfonamides is 1. The van der Waals surface area contributed by atoms with Crippen molar-refractivity contribution in [2.75, 3.05) is 31.1 Å². The Morgan fingerprint density at radius 2 is 1.71 bits per heavy atom. The minimum absolute atomic E-state index is 0.0246. The number of rotatable bonds is 7. The number of nitrogens with one attached hydrogen (secondary N) is 1. The maximum absolute atomic E-state index is 13.4. The predicted molar refractivity (Wildman–Crippen MR) is 142 cm³/mol. The van der Waals surface area contributed by atoms with Crippen LogP contribution in [0.25, 0.3) is 9.75 Å². The Morgan fingerprint density at radius 3 is 2.43 bits per heavy atom. The van der Waals surface area contributed by atoms with Gasteiger partial charge in [-0.05, 0) is 62.1 Å². The second kappa shape index (κ2) is 10.6. The van der Waals surface area contributed by atoms with Gasteiger partial charge in [0, 0.05) is 66.0 Å². The summed E-state index contributed by atoms with van der Waals surface area (Å²) in [6.45, 7) is 2.47. The van der Waals surface area contributed by atoms with Gasteiger partial charge in [-0.1, -0.05) is 11.6 Å². The number of nitrogens with zero attached hydrogens (tertiary/aromatic N) is 3. The average molecular weight is 551 g/mol. The van der Waals surface area contributed by atoms with Crippen molar-refractivity contribution >= 4 is 55.9 Å². The average Bonchev–Trinajstić information content (AvgIpc) is 3.64. The molecule has 0 aromatic carbocycles. The van der Waals surface area contributed by atoms with E-state index in [1.54, 1.807) is 22.8 Å². The Bertz CT molecular complexity index is 1270. The van der Waals surface area contributed by atoms with E-state index < -0.39 is 10.0 Å². The lowest BCUT2D eigenvalue weighted by Gasteiger charge is -2.33. The SMILES string of the molecule is O=C(NCC1CCCN1S(=O)(=O)c1ccc(-c2ccc(Cl)s2)s1)C1CCN(c2ccncc2)CC1. The van der Waals surface area contributed by atoms with Crippen LogP contribution in [0.4, 0.5) is 5.69 Å². The highest BCUT2D eigenvalue weighted by Gasteiger charge is 2.37. The van der Waals surface area contributed by atoms with Crippen LogP contribution in [-0.4, -0.2) is 55.8 Å². The molecule has 7 nitrogen and oxygen atoms in total. The Balaban J connectivity index is 1.17. The molecule has 2 saturated heterocycles. The molecule has 35 heavy (non-hydrogen) atoms. The second-order valence-corrected chi connectivity index (χ2v) is 13.8. The standard InChI is InChI=1S/C24H27ClN4O3S3/c25-22-5-3-20(33-22)21-4-6-23(34-21)35(31,32)29-13-1-2-19(29)16-27-24(30)17-9-14-28(15-10-17)18-7-11-26-12-8-18/h3-8,11-12,17,19H,1-2,9-10,13-16H2,(H,27,30). The zero-order valence-corrected chi connectivity index (χ0v) is 22.3. The van der Waals surface area contributed by atoms with Crippen LogP contribution in [-0.2, 0) is 14.8 Å². The molecule has 0 aliphatic carbocycles. The Labute approximate surface area is 218 Å². The van der Waals surface area contributed by atoms with Crippen molar-refractivity contribution in [2.24, 2.45) is 5.92 Å². The normalized spacial score (nSPS) is 19.8. The van der Waals surface area contributed by atoms with E-state index in [0.717, 1.165) is 54.2 Å². The molecule has 0 bridgehead atoms. The number of carbonyl (C=O) groups is 1. The van der Waals surface area contributed by atoms with Crippen molar-refractivity contribution in [3.63, 3.8) is 0 Å². The Morgan fingerprint density at radius 1 is 1.00 bits per heavy atom. The van der Waals surface area contributed by atoms with Crippen molar-refractivity contribution in [3.05, 3.63) is 53.1 Å². The van der Waals surface area contributed by atoms with E-state index in [1.165, 1.54) is 22.7 Å². The van der Waals surface area contributed by atoms with Gasteiger partial charge < -0.3 is 10.2 Å². The van der Waals surface area contributed by atoms with Crippen molar-refractivity contribution < 1.29 is 13.2 Å². The number of hydrogen-bond donors (Lipinski definition) is 1. The van der Waals surface area contributed by atoms with E-state index in [0.29, 0.717) is 21.6 Å². The second-order valence-electron chi connectivity index (χ2n) is 8.85. The quantitative estimate of drug-likeness (QED) is 0.460. The number of piperidine rings is 1. The molecule has 0 radical (unpaired) electrons. The number of amides is 1. The summed E-state index contributed by atoms with van der Waals surface area (Å²) in [4.78, 5) is 21.1. The summed E-state index contributed by atoms with van der Waals surface area (Å²) in [5, 5.41) is 3.05. The summed E-state index contributed by atoms with van der Waals surface area (Å²) < 4.78 is 29.4. The predicted octanol–water partition coefficient (Wildman–Crippen LogP) is 4.71. The zero-order valence-electron chi connectivity index (χ0n) is 19.1. The van der Waals surface area contributed by atoms with E-state index in [4.69, 9.17) is 11.6 Å². The fraction of sp³-hybridized carbons (Fsp3) is 0.417. The van der Waals surface area contributed by atoms with Gasteiger partial charge >= 0.3 is 0 Å². The smallest absolute Gasteiger partial charge is 0.252 e. The maximum atomic E-state index is 13.4. The van der Waals surface area contributed by atoms with Gasteiger partial charge in [0.25, 0.3) is 10.0 Å². The van der Waals surface area contributed by atoms with Crippen LogP contribution >= 0.6 is 34.3 Å². The van der Waals surface area contributed by atoms with Crippen LogP contribution in [0.15, 0.2) is 53.0 Å². The third-order valence-corrected chi connectivity index (χ3v) is 11.6. The number of hydrogen-bond acceptors (Lipinski definition) is 7. The molecular weight excluding hydrogens is 524 g/mol. The fourth-order valence-electron chi connectivity index (χ4n) is 4.80. The lowest BCUT2D eigenvalue weighted by atomic mass is 9.95. The molecule has 1 unspecified atom stereocenters. The van der Waals surface area contributed by atoms with Crippen LogP contribution < -0.4 is 10.2 Å². The molecule has 5 rings (SSSR count). The molecule has 1 N–H and O–H groups in total. The highest BCUT2D eigenvalue weighted by Crippen LogP contribution is 2.38. The van der Waals surface area contributed by atoms with Gasteiger partial charge in [0.15, 0.2) is 0 Å². The highest BCUT2D eigenvalue weighted by molar-refractivity contribution is 7.91. The van der Waals surface area contributed by atoms with Gasteiger partial charge in [0.2, 0.25) is 5.91 Å². The molecule has 2 aliphatic rings. The third-order valence-electron chi connectivity index (χ3n) is 6.69. The summed E-state index contributed by atoms with van der Waals surface area (Å²) in [6.07, 6.45) is 6.67. The van der Waals surface area contributed by atoms with Crippen molar-refractivity contribution in [2.45, 2.75) is 35.9 Å². The summed E-state index contributed by atoms with van der Waals surface area (Å²) in [5.74, 6) is -0.0198. The number of aromatic nitrogens is 1. The lowest BCUT2D eigenvalue weighted by Crippen LogP contribution is -2.46. The van der Waals surface area contributed by atoms with Gasteiger partial charge in [-0.15, -0.1) is 22.7 Å². The first-order chi connectivity index (χ1) is 16.9. The Kier molecular flexibility index (Phi) is 7.45. The number of pyridine rings is 1. The van der Waals surface area contributed by atoms with E-state index >= 15 is 0 Å². The van der Waals surface area contributed by atoms with E-state index in [-0.39, 0.29) is 17.9 Å². The summed E-state index contributed by atoms with van der Waals surface area (Å²) in [6, 6.07) is 11.0. The molecule has 0 spiro atoms. The number of carbonyl (C=O) groups excluding carboxylic acids is 1. The minimum atomic E-state index is -3.62. The van der Waals surface area contributed by atoms with Gasteiger partial charge in [0.05, 0.1) is 4.34 Å². The molecule has 0 saturated carbocycles. The minimum Gasteiger partial charge on any atom is -0.371 e. The monoisotopic (exact) mass is 550 g/mol. The molecule has 11 heteroatoms. The molecule has 1 atom stereocenters. The van der Waals surface area contributed by atoms with Gasteiger partial charge in [-0.3, -0.25) is 9.78 Å². The van der Waals surface area contributed by atoms with Crippen LogP contribution in [0.5, 0.6) is 0 Å². The molecule has 1 amide bonds. The van der Waals surface area contributed by atoms with Gasteiger partial charge in [0.1, 0.15) is 4.21 Å². The molecule has 5 heterocycles. The number of thiophene rings is 2. The van der Waals surface area contributed by atoms with Crippen molar-refractivity contribution in [3.8, 4) is 9.75 Å². The van der Waals surface area contributed by atoms with E-state index in [2.05, 4.69) is 15.2 Å².